The van der Waals surface area contributed by atoms with E-state index >= 15 is 0 Å². The van der Waals surface area contributed by atoms with Crippen LogP contribution in [0.1, 0.15) is 37.2 Å². The topological polar surface area (TPSA) is 71.3 Å². The van der Waals surface area contributed by atoms with E-state index in [1.54, 1.807) is 0 Å². The minimum Gasteiger partial charge on any atom is -0.338 e. The number of aryl methyl sites for hydroxylation is 2. The fourth-order valence-electron chi connectivity index (χ4n) is 2.09. The van der Waals surface area contributed by atoms with Gasteiger partial charge in [-0.2, -0.15) is 4.98 Å². The Bertz CT molecular complexity index is 686. The van der Waals surface area contributed by atoms with E-state index < -0.39 is 0 Å². The maximum absolute atomic E-state index is 12.2. The van der Waals surface area contributed by atoms with Crippen molar-refractivity contribution >= 4 is 27.5 Å². The van der Waals surface area contributed by atoms with E-state index in [0.29, 0.717) is 11.7 Å². The zero-order chi connectivity index (χ0) is 17.0. The summed E-state index contributed by atoms with van der Waals surface area (Å²) in [5.41, 5.74) is 1.82. The molecule has 1 aromatic heterocycles. The molecule has 0 radical (unpaired) electrons. The van der Waals surface area contributed by atoms with Crippen molar-refractivity contribution in [2.75, 3.05) is 18.9 Å². The van der Waals surface area contributed by atoms with Gasteiger partial charge in [-0.1, -0.05) is 28.0 Å². The zero-order valence-electron chi connectivity index (χ0n) is 13.8. The molecule has 0 bridgehead atoms. The molecule has 1 heterocycles. The number of halogens is 1. The van der Waals surface area contributed by atoms with Gasteiger partial charge in [0.15, 0.2) is 5.82 Å². The largest absolute Gasteiger partial charge is 0.338 e. The van der Waals surface area contributed by atoms with Gasteiger partial charge in [0.05, 0.1) is 12.6 Å². The summed E-state index contributed by atoms with van der Waals surface area (Å²) in [5.74, 6) is 1.12. The highest BCUT2D eigenvalue weighted by atomic mass is 79.9. The van der Waals surface area contributed by atoms with Gasteiger partial charge in [0.2, 0.25) is 11.8 Å². The van der Waals surface area contributed by atoms with Crippen LogP contribution in [0, 0.1) is 6.92 Å². The maximum Gasteiger partial charge on any atom is 0.243 e. The number of rotatable bonds is 6. The van der Waals surface area contributed by atoms with Crippen LogP contribution in [-0.2, 0) is 11.2 Å². The summed E-state index contributed by atoms with van der Waals surface area (Å²) in [6.07, 6.45) is 0.725. The smallest absolute Gasteiger partial charge is 0.243 e. The molecule has 7 heteroatoms. The first-order valence-electron chi connectivity index (χ1n) is 7.49. The number of anilines is 1. The maximum atomic E-state index is 12.2. The average Bonchev–Trinajstić information content (AvgIpc) is 2.98. The van der Waals surface area contributed by atoms with Crippen LogP contribution in [0.2, 0.25) is 0 Å². The second-order valence-corrected chi connectivity index (χ2v) is 6.42. The molecule has 2 aromatic rings. The van der Waals surface area contributed by atoms with E-state index in [-0.39, 0.29) is 18.5 Å². The van der Waals surface area contributed by atoms with E-state index in [4.69, 9.17) is 4.52 Å². The molecule has 0 saturated heterocycles. The number of nitrogens with one attached hydrogen (secondary N) is 1. The molecular weight excluding hydrogens is 360 g/mol. The lowest BCUT2D eigenvalue weighted by atomic mass is 10.2. The van der Waals surface area contributed by atoms with E-state index in [9.17, 15) is 4.79 Å². The molecule has 1 N–H and O–H groups in total. The quantitative estimate of drug-likeness (QED) is 0.831. The van der Waals surface area contributed by atoms with Gasteiger partial charge < -0.3 is 9.84 Å². The first kappa shape index (κ1) is 17.6. The SMILES string of the molecule is CCc1noc([C@H](C)N(C)CC(=O)Nc2ccc(Br)cc2C)n1. The number of carbonyl (C=O) groups is 1. The average molecular weight is 381 g/mol. The molecule has 6 nitrogen and oxygen atoms in total. The van der Waals surface area contributed by atoms with Crippen LogP contribution in [0.4, 0.5) is 5.69 Å². The predicted molar refractivity (Wildman–Crippen MR) is 92.2 cm³/mol. The van der Waals surface area contributed by atoms with Gasteiger partial charge in [-0.05, 0) is 44.7 Å². The number of benzene rings is 1. The first-order chi connectivity index (χ1) is 10.9. The van der Waals surface area contributed by atoms with Gasteiger partial charge in [-0.3, -0.25) is 9.69 Å². The molecule has 0 saturated carbocycles. The fraction of sp³-hybridized carbons (Fsp3) is 0.438. The number of aromatic nitrogens is 2. The van der Waals surface area contributed by atoms with E-state index in [2.05, 4.69) is 31.4 Å². The Kier molecular flexibility index (Phi) is 5.90. The van der Waals surface area contributed by atoms with Gasteiger partial charge in [-0.25, -0.2) is 0 Å². The molecule has 1 aromatic carbocycles. The molecule has 1 atom stereocenters. The van der Waals surface area contributed by atoms with Gasteiger partial charge in [0.25, 0.3) is 0 Å². The van der Waals surface area contributed by atoms with Crippen molar-refractivity contribution in [3.63, 3.8) is 0 Å². The lowest BCUT2D eigenvalue weighted by Crippen LogP contribution is -2.32. The monoisotopic (exact) mass is 380 g/mol. The summed E-state index contributed by atoms with van der Waals surface area (Å²) in [5, 5.41) is 6.81. The van der Waals surface area contributed by atoms with Crippen LogP contribution in [0.15, 0.2) is 27.2 Å². The molecule has 0 unspecified atom stereocenters. The Labute approximate surface area is 144 Å². The Morgan fingerprint density at radius 1 is 1.48 bits per heavy atom. The molecule has 0 aliphatic carbocycles. The van der Waals surface area contributed by atoms with Gasteiger partial charge in [0, 0.05) is 16.6 Å². The standard InChI is InChI=1S/C16H21BrN4O2/c1-5-14-19-16(23-20-14)11(3)21(4)9-15(22)18-13-7-6-12(17)8-10(13)2/h6-8,11H,5,9H2,1-4H3,(H,18,22)/t11-/m0/s1. The van der Waals surface area contributed by atoms with Crippen molar-refractivity contribution in [3.8, 4) is 0 Å². The third-order valence-electron chi connectivity index (χ3n) is 3.67. The number of hydrogen-bond donors (Lipinski definition) is 1. The molecule has 0 aliphatic heterocycles. The summed E-state index contributed by atoms with van der Waals surface area (Å²) >= 11 is 3.41. The van der Waals surface area contributed by atoms with Crippen molar-refractivity contribution in [2.45, 2.75) is 33.2 Å². The Morgan fingerprint density at radius 2 is 2.22 bits per heavy atom. The summed E-state index contributed by atoms with van der Waals surface area (Å²) in [4.78, 5) is 18.4. The summed E-state index contributed by atoms with van der Waals surface area (Å²) in [6.45, 7) is 6.10. The predicted octanol–water partition coefficient (Wildman–Crippen LogP) is 3.33. The Morgan fingerprint density at radius 3 is 2.83 bits per heavy atom. The highest BCUT2D eigenvalue weighted by Crippen LogP contribution is 2.21. The minimum atomic E-state index is -0.125. The number of nitrogens with zero attached hydrogens (tertiary/aromatic N) is 3. The number of carbonyl (C=O) groups excluding carboxylic acids is 1. The van der Waals surface area contributed by atoms with Crippen molar-refractivity contribution in [1.29, 1.82) is 0 Å². The van der Waals surface area contributed by atoms with Gasteiger partial charge in [-0.15, -0.1) is 0 Å². The second kappa shape index (κ2) is 7.70. The van der Waals surface area contributed by atoms with Crippen LogP contribution in [-0.4, -0.2) is 34.5 Å². The summed E-state index contributed by atoms with van der Waals surface area (Å²) in [6, 6.07) is 5.62. The summed E-state index contributed by atoms with van der Waals surface area (Å²) in [7, 11) is 1.86. The Hall–Kier alpha value is -1.73. The molecular formula is C16H21BrN4O2. The fourth-order valence-corrected chi connectivity index (χ4v) is 2.57. The van der Waals surface area contributed by atoms with Crippen molar-refractivity contribution in [3.05, 3.63) is 40.0 Å². The van der Waals surface area contributed by atoms with Gasteiger partial charge in [0.1, 0.15) is 0 Å². The molecule has 23 heavy (non-hydrogen) atoms. The second-order valence-electron chi connectivity index (χ2n) is 5.50. The van der Waals surface area contributed by atoms with Crippen molar-refractivity contribution in [2.24, 2.45) is 0 Å². The number of likely N-dealkylation sites (N-methyl/N-ethyl adjacent to an activating group) is 1. The third-order valence-corrected chi connectivity index (χ3v) is 4.17. The lowest BCUT2D eigenvalue weighted by Gasteiger charge is -2.21. The first-order valence-corrected chi connectivity index (χ1v) is 8.28. The van der Waals surface area contributed by atoms with Crippen LogP contribution in [0.25, 0.3) is 0 Å². The Balaban J connectivity index is 1.96. The molecule has 124 valence electrons. The van der Waals surface area contributed by atoms with E-state index in [1.165, 1.54) is 0 Å². The van der Waals surface area contributed by atoms with E-state index in [1.807, 2.05) is 50.9 Å². The van der Waals surface area contributed by atoms with Crippen LogP contribution in [0.5, 0.6) is 0 Å². The number of amides is 1. The highest BCUT2D eigenvalue weighted by molar-refractivity contribution is 9.10. The lowest BCUT2D eigenvalue weighted by molar-refractivity contribution is -0.117. The minimum absolute atomic E-state index is 0.0833. The van der Waals surface area contributed by atoms with Crippen LogP contribution in [0.3, 0.4) is 0 Å². The molecule has 1 amide bonds. The van der Waals surface area contributed by atoms with Crippen LogP contribution < -0.4 is 5.32 Å². The van der Waals surface area contributed by atoms with Crippen LogP contribution >= 0.6 is 15.9 Å². The van der Waals surface area contributed by atoms with E-state index in [0.717, 1.165) is 22.1 Å². The molecule has 2 rings (SSSR count). The van der Waals surface area contributed by atoms with Crippen molar-refractivity contribution in [1.82, 2.24) is 15.0 Å². The normalized spacial score (nSPS) is 12.4. The zero-order valence-corrected chi connectivity index (χ0v) is 15.3. The highest BCUT2D eigenvalue weighted by Gasteiger charge is 2.20. The van der Waals surface area contributed by atoms with Gasteiger partial charge >= 0.3 is 0 Å². The van der Waals surface area contributed by atoms with Crippen molar-refractivity contribution < 1.29 is 9.32 Å². The molecule has 0 fully saturated rings. The number of hydrogen-bond acceptors (Lipinski definition) is 5. The third kappa shape index (κ3) is 4.62. The molecule has 0 aliphatic rings. The molecule has 0 spiro atoms. The summed E-state index contributed by atoms with van der Waals surface area (Å²) < 4.78 is 6.22.